The highest BCUT2D eigenvalue weighted by Crippen LogP contribution is 2.39. The number of ether oxygens (including phenoxy) is 1. The molecule has 1 aromatic heterocycles. The molecule has 1 saturated carbocycles. The number of nitrogen functional groups attached to an aromatic ring is 1. The van der Waals surface area contributed by atoms with Crippen LogP contribution < -0.4 is 10.5 Å². The van der Waals surface area contributed by atoms with Gasteiger partial charge in [0.15, 0.2) is 0 Å². The van der Waals surface area contributed by atoms with Crippen LogP contribution >= 0.6 is 0 Å². The molecule has 0 spiro atoms. The van der Waals surface area contributed by atoms with E-state index in [4.69, 9.17) is 10.5 Å². The van der Waals surface area contributed by atoms with Crippen LogP contribution in [-0.4, -0.2) is 14.9 Å². The monoisotopic (exact) mass is 286 g/mol. The van der Waals surface area contributed by atoms with Gasteiger partial charge in [-0.2, -0.15) is 4.98 Å². The van der Waals surface area contributed by atoms with E-state index in [1.165, 1.54) is 12.1 Å². The minimum Gasteiger partial charge on any atom is -0.432 e. The fourth-order valence-corrected chi connectivity index (χ4v) is 2.00. The molecule has 1 aliphatic rings. The normalized spacial score (nSPS) is 14.0. The van der Waals surface area contributed by atoms with Gasteiger partial charge >= 0.3 is 5.69 Å². The topological polar surface area (TPSA) is 104 Å². The van der Waals surface area contributed by atoms with Crippen LogP contribution in [0.2, 0.25) is 0 Å². The third kappa shape index (κ3) is 2.91. The summed E-state index contributed by atoms with van der Waals surface area (Å²) >= 11 is 0. The summed E-state index contributed by atoms with van der Waals surface area (Å²) in [4.78, 5) is 19.0. The van der Waals surface area contributed by atoms with E-state index in [1.54, 1.807) is 12.1 Å². The summed E-state index contributed by atoms with van der Waals surface area (Å²) in [6.07, 6.45) is 2.07. The Balaban J connectivity index is 1.96. The SMILES string of the molecule is Cc1ccc([N+](=O)[O-])c(Oc2cc(N)nc(C3CC3)n2)c1. The molecule has 0 amide bonds. The van der Waals surface area contributed by atoms with Crippen molar-refractivity contribution >= 4 is 11.5 Å². The maximum Gasteiger partial charge on any atom is 0.311 e. The van der Waals surface area contributed by atoms with Crippen LogP contribution in [0.15, 0.2) is 24.3 Å². The summed E-state index contributed by atoms with van der Waals surface area (Å²) in [7, 11) is 0. The number of nitrogens with two attached hydrogens (primary N) is 1. The predicted octanol–water partition coefficient (Wildman–Crippen LogP) is 2.95. The number of nitro benzene ring substituents is 1. The molecule has 108 valence electrons. The summed E-state index contributed by atoms with van der Waals surface area (Å²) in [6.45, 7) is 1.83. The van der Waals surface area contributed by atoms with Crippen molar-refractivity contribution in [2.24, 2.45) is 0 Å². The maximum absolute atomic E-state index is 11.0. The first-order valence-corrected chi connectivity index (χ1v) is 6.60. The van der Waals surface area contributed by atoms with Crippen LogP contribution in [0.4, 0.5) is 11.5 Å². The Hall–Kier alpha value is -2.70. The Kier molecular flexibility index (Phi) is 3.17. The van der Waals surface area contributed by atoms with E-state index in [0.717, 1.165) is 18.4 Å². The minimum absolute atomic E-state index is 0.106. The van der Waals surface area contributed by atoms with Crippen LogP contribution in [0.1, 0.15) is 30.1 Å². The molecule has 1 heterocycles. The molecule has 0 saturated heterocycles. The van der Waals surface area contributed by atoms with Gasteiger partial charge < -0.3 is 10.5 Å². The molecule has 0 bridgehead atoms. The number of benzene rings is 1. The Morgan fingerprint density at radius 3 is 2.76 bits per heavy atom. The average Bonchev–Trinajstić information content (AvgIpc) is 3.21. The molecule has 21 heavy (non-hydrogen) atoms. The number of nitrogens with zero attached hydrogens (tertiary/aromatic N) is 3. The van der Waals surface area contributed by atoms with Crippen molar-refractivity contribution < 1.29 is 9.66 Å². The van der Waals surface area contributed by atoms with Crippen molar-refractivity contribution in [3.8, 4) is 11.6 Å². The largest absolute Gasteiger partial charge is 0.432 e. The predicted molar refractivity (Wildman–Crippen MR) is 76.3 cm³/mol. The van der Waals surface area contributed by atoms with E-state index in [1.807, 2.05) is 6.92 Å². The Bertz CT molecular complexity index is 713. The molecule has 0 unspecified atom stereocenters. The fourth-order valence-electron chi connectivity index (χ4n) is 2.00. The second-order valence-electron chi connectivity index (χ2n) is 5.09. The average molecular weight is 286 g/mol. The van der Waals surface area contributed by atoms with E-state index in [-0.39, 0.29) is 17.3 Å². The van der Waals surface area contributed by atoms with Crippen LogP contribution in [0.3, 0.4) is 0 Å². The van der Waals surface area contributed by atoms with E-state index in [0.29, 0.717) is 17.6 Å². The molecule has 7 nitrogen and oxygen atoms in total. The third-order valence-corrected chi connectivity index (χ3v) is 3.21. The Morgan fingerprint density at radius 1 is 1.33 bits per heavy atom. The number of aromatic nitrogens is 2. The van der Waals surface area contributed by atoms with E-state index in [2.05, 4.69) is 9.97 Å². The maximum atomic E-state index is 11.0. The van der Waals surface area contributed by atoms with E-state index < -0.39 is 4.92 Å². The third-order valence-electron chi connectivity index (χ3n) is 3.21. The van der Waals surface area contributed by atoms with Crippen LogP contribution in [0.25, 0.3) is 0 Å². The highest BCUT2D eigenvalue weighted by Gasteiger charge is 2.27. The summed E-state index contributed by atoms with van der Waals surface area (Å²) in [5.41, 5.74) is 6.50. The first-order valence-electron chi connectivity index (χ1n) is 6.60. The van der Waals surface area contributed by atoms with Crippen molar-refractivity contribution in [3.05, 3.63) is 45.8 Å². The van der Waals surface area contributed by atoms with Crippen LogP contribution in [0.5, 0.6) is 11.6 Å². The zero-order valence-electron chi connectivity index (χ0n) is 11.4. The van der Waals surface area contributed by atoms with Crippen LogP contribution in [-0.2, 0) is 0 Å². The lowest BCUT2D eigenvalue weighted by Gasteiger charge is -2.08. The molecule has 1 aliphatic carbocycles. The molecular formula is C14H14N4O3. The van der Waals surface area contributed by atoms with Crippen molar-refractivity contribution in [3.63, 3.8) is 0 Å². The molecule has 0 atom stereocenters. The van der Waals surface area contributed by atoms with Gasteiger partial charge in [0.2, 0.25) is 11.6 Å². The standard InChI is InChI=1S/C14H14N4O3/c1-8-2-5-10(18(19)20)11(6-8)21-13-7-12(15)16-14(17-13)9-3-4-9/h2,5-7,9H,3-4H2,1H3,(H2,15,16,17). The number of hydrogen-bond donors (Lipinski definition) is 1. The first-order chi connectivity index (χ1) is 10.0. The van der Waals surface area contributed by atoms with Gasteiger partial charge in [0.1, 0.15) is 11.6 Å². The number of aryl methyl sites for hydroxylation is 1. The molecule has 1 aromatic carbocycles. The Morgan fingerprint density at radius 2 is 2.10 bits per heavy atom. The summed E-state index contributed by atoms with van der Waals surface area (Å²) in [6, 6.07) is 6.15. The molecule has 0 aliphatic heterocycles. The zero-order valence-corrected chi connectivity index (χ0v) is 11.4. The lowest BCUT2D eigenvalue weighted by atomic mass is 10.2. The van der Waals surface area contributed by atoms with Gasteiger partial charge in [-0.15, -0.1) is 0 Å². The summed E-state index contributed by atoms with van der Waals surface area (Å²) in [5.74, 6) is 1.65. The van der Waals surface area contributed by atoms with Gasteiger partial charge in [-0.1, -0.05) is 6.07 Å². The smallest absolute Gasteiger partial charge is 0.311 e. The lowest BCUT2D eigenvalue weighted by Crippen LogP contribution is -2.01. The van der Waals surface area contributed by atoms with Crippen molar-refractivity contribution in [1.29, 1.82) is 0 Å². The molecular weight excluding hydrogens is 272 g/mol. The lowest BCUT2D eigenvalue weighted by molar-refractivity contribution is -0.385. The first kappa shape index (κ1) is 13.3. The number of anilines is 1. The quantitative estimate of drug-likeness (QED) is 0.684. The minimum atomic E-state index is -0.485. The van der Waals surface area contributed by atoms with E-state index >= 15 is 0 Å². The molecule has 1 fully saturated rings. The second-order valence-corrected chi connectivity index (χ2v) is 5.09. The number of rotatable bonds is 4. The van der Waals surface area contributed by atoms with Crippen molar-refractivity contribution in [2.45, 2.75) is 25.7 Å². The number of hydrogen-bond acceptors (Lipinski definition) is 6. The van der Waals surface area contributed by atoms with Crippen molar-refractivity contribution in [1.82, 2.24) is 9.97 Å². The summed E-state index contributed by atoms with van der Waals surface area (Å²) in [5, 5.41) is 11.0. The van der Waals surface area contributed by atoms with Gasteiger partial charge in [0.25, 0.3) is 0 Å². The van der Waals surface area contributed by atoms with E-state index in [9.17, 15) is 10.1 Å². The van der Waals surface area contributed by atoms with Crippen molar-refractivity contribution in [2.75, 3.05) is 5.73 Å². The summed E-state index contributed by atoms with van der Waals surface area (Å²) < 4.78 is 5.58. The molecule has 2 N–H and O–H groups in total. The number of nitro groups is 1. The zero-order chi connectivity index (χ0) is 15.0. The van der Waals surface area contributed by atoms with Gasteiger partial charge in [-0.3, -0.25) is 10.1 Å². The molecule has 7 heteroatoms. The second kappa shape index (κ2) is 5.01. The molecule has 2 aromatic rings. The van der Waals surface area contributed by atoms with Gasteiger partial charge in [-0.05, 0) is 31.4 Å². The van der Waals surface area contributed by atoms with Crippen LogP contribution in [0, 0.1) is 17.0 Å². The highest BCUT2D eigenvalue weighted by atomic mass is 16.6. The Labute approximate surface area is 120 Å². The van der Waals surface area contributed by atoms with Gasteiger partial charge in [0.05, 0.1) is 4.92 Å². The molecule has 0 radical (unpaired) electrons. The molecule has 3 rings (SSSR count). The van der Waals surface area contributed by atoms with Gasteiger partial charge in [-0.25, -0.2) is 4.98 Å². The van der Waals surface area contributed by atoms with Gasteiger partial charge in [0, 0.05) is 18.1 Å². The fraction of sp³-hybridized carbons (Fsp3) is 0.286. The highest BCUT2D eigenvalue weighted by molar-refractivity contribution is 5.50.